The molecule has 0 saturated heterocycles. The zero-order valence-electron chi connectivity index (χ0n) is 14.9. The maximum absolute atomic E-state index is 2.37. The summed E-state index contributed by atoms with van der Waals surface area (Å²) in [6, 6.07) is 31.2. The summed E-state index contributed by atoms with van der Waals surface area (Å²) in [5.74, 6) is 0. The van der Waals surface area contributed by atoms with E-state index in [1.165, 1.54) is 41.5 Å². The van der Waals surface area contributed by atoms with Crippen LogP contribution in [0.15, 0.2) is 105 Å². The quantitative estimate of drug-likeness (QED) is 0.311. The van der Waals surface area contributed by atoms with Gasteiger partial charge in [0.2, 0.25) is 0 Å². The molecule has 0 saturated carbocycles. The Morgan fingerprint density at radius 3 is 1.07 bits per heavy atom. The van der Waals surface area contributed by atoms with E-state index < -0.39 is 0 Å². The van der Waals surface area contributed by atoms with Gasteiger partial charge in [0.15, 0.2) is 0 Å². The van der Waals surface area contributed by atoms with Crippen molar-refractivity contribution in [2.24, 2.45) is 0 Å². The van der Waals surface area contributed by atoms with Crippen LogP contribution in [0.2, 0.25) is 0 Å². The van der Waals surface area contributed by atoms with E-state index in [1.807, 2.05) is 47.0 Å². The smallest absolute Gasteiger partial charge is 0.0852 e. The molecule has 0 amide bonds. The lowest BCUT2D eigenvalue weighted by Gasteiger charge is -2.17. The molecule has 0 radical (unpaired) electrons. The minimum Gasteiger partial charge on any atom is -0.105 e. The summed E-state index contributed by atoms with van der Waals surface area (Å²) < 4.78 is 0.856. The van der Waals surface area contributed by atoms with Gasteiger partial charge in [-0.3, -0.25) is 0 Å². The van der Waals surface area contributed by atoms with Crippen LogP contribution in [0.25, 0.3) is 10.8 Å². The minimum atomic E-state index is 0.428. The molecule has 136 valence electrons. The third-order valence-electron chi connectivity index (χ3n) is 5.13. The van der Waals surface area contributed by atoms with Crippen molar-refractivity contribution in [3.8, 4) is 0 Å². The zero-order valence-corrected chi connectivity index (χ0v) is 18.1. The van der Waals surface area contributed by atoms with Crippen LogP contribution in [0, 0.1) is 0 Å². The molecule has 0 nitrogen and oxygen atoms in total. The molecule has 4 aromatic carbocycles. The highest BCUT2D eigenvalue weighted by Gasteiger charge is 2.29. The normalized spacial score (nSPS) is 16.4. The first-order chi connectivity index (χ1) is 13.9. The molecule has 0 spiro atoms. The molecule has 2 aliphatic heterocycles. The van der Waals surface area contributed by atoms with Crippen LogP contribution in [0.5, 0.6) is 0 Å². The standard InChI is InChI=1S/C24H16S4/c1-2-8-16-15(7-1)17(23-25-19-9-3-4-10-20(19)26-23)13-14-18(16)24-27-21-11-5-6-12-22(21)28-24/h1-14,23-24H. The fourth-order valence-corrected chi connectivity index (χ4v) is 9.63. The predicted molar refractivity (Wildman–Crippen MR) is 126 cm³/mol. The van der Waals surface area contributed by atoms with E-state index >= 15 is 0 Å². The number of benzene rings is 4. The first-order valence-corrected chi connectivity index (χ1v) is 12.7. The Kier molecular flexibility index (Phi) is 4.41. The fraction of sp³-hybridized carbons (Fsp3) is 0.0833. The molecule has 2 aliphatic rings. The highest BCUT2D eigenvalue weighted by molar-refractivity contribution is 8.19. The predicted octanol–water partition coefficient (Wildman–Crippen LogP) is 8.63. The van der Waals surface area contributed by atoms with Gasteiger partial charge in [0, 0.05) is 19.6 Å². The Morgan fingerprint density at radius 2 is 0.714 bits per heavy atom. The van der Waals surface area contributed by atoms with Crippen molar-refractivity contribution >= 4 is 57.8 Å². The first-order valence-electron chi connectivity index (χ1n) is 9.23. The second kappa shape index (κ2) is 7.10. The van der Waals surface area contributed by atoms with Gasteiger partial charge in [-0.25, -0.2) is 0 Å². The van der Waals surface area contributed by atoms with Crippen LogP contribution in [-0.2, 0) is 0 Å². The summed E-state index contributed by atoms with van der Waals surface area (Å²) in [6.45, 7) is 0. The molecular formula is C24H16S4. The molecule has 6 rings (SSSR count). The number of rotatable bonds is 2. The van der Waals surface area contributed by atoms with Gasteiger partial charge in [0.25, 0.3) is 0 Å². The van der Waals surface area contributed by atoms with E-state index in [0.29, 0.717) is 9.16 Å². The Hall–Kier alpha value is -1.46. The maximum atomic E-state index is 2.37. The summed E-state index contributed by atoms with van der Waals surface area (Å²) in [5.41, 5.74) is 2.88. The lowest BCUT2D eigenvalue weighted by atomic mass is 10.0. The lowest BCUT2D eigenvalue weighted by Crippen LogP contribution is -1.93. The average molecular weight is 433 g/mol. The molecule has 4 heteroatoms. The lowest BCUT2D eigenvalue weighted by molar-refractivity contribution is 1.27. The van der Waals surface area contributed by atoms with E-state index in [4.69, 9.17) is 0 Å². The topological polar surface area (TPSA) is 0 Å². The highest BCUT2D eigenvalue weighted by atomic mass is 32.2. The van der Waals surface area contributed by atoms with Crippen molar-refractivity contribution in [2.45, 2.75) is 28.7 Å². The monoisotopic (exact) mass is 432 g/mol. The molecular weight excluding hydrogens is 417 g/mol. The number of fused-ring (bicyclic) bond motifs is 3. The second-order valence-corrected chi connectivity index (χ2v) is 12.0. The molecule has 2 heterocycles. The van der Waals surface area contributed by atoms with Gasteiger partial charge in [-0.2, -0.15) is 0 Å². The van der Waals surface area contributed by atoms with E-state index in [1.54, 1.807) is 0 Å². The molecule has 4 aromatic rings. The van der Waals surface area contributed by atoms with Crippen molar-refractivity contribution in [3.63, 3.8) is 0 Å². The molecule has 0 bridgehead atoms. The maximum Gasteiger partial charge on any atom is 0.0852 e. The SMILES string of the molecule is c1ccc2c(c1)SC(c1ccc(C3Sc4ccccc4S3)c3ccccc13)S2. The largest absolute Gasteiger partial charge is 0.105 e. The van der Waals surface area contributed by atoms with E-state index in [0.717, 1.165) is 0 Å². The minimum absolute atomic E-state index is 0.428. The van der Waals surface area contributed by atoms with Crippen molar-refractivity contribution in [3.05, 3.63) is 96.1 Å². The molecule has 0 aliphatic carbocycles. The number of hydrogen-bond donors (Lipinski definition) is 0. The second-order valence-electron chi connectivity index (χ2n) is 6.82. The van der Waals surface area contributed by atoms with Crippen molar-refractivity contribution in [1.29, 1.82) is 0 Å². The molecule has 0 atom stereocenters. The Labute approximate surface area is 181 Å². The summed E-state index contributed by atoms with van der Waals surface area (Å²) in [6.07, 6.45) is 0. The van der Waals surface area contributed by atoms with Crippen LogP contribution < -0.4 is 0 Å². The van der Waals surface area contributed by atoms with E-state index in [9.17, 15) is 0 Å². The number of thioether (sulfide) groups is 4. The van der Waals surface area contributed by atoms with Gasteiger partial charge in [-0.15, -0.1) is 47.0 Å². The fourth-order valence-electron chi connectivity index (χ4n) is 3.81. The van der Waals surface area contributed by atoms with Gasteiger partial charge in [0.1, 0.15) is 0 Å². The molecule has 0 fully saturated rings. The molecule has 0 aromatic heterocycles. The van der Waals surface area contributed by atoms with Gasteiger partial charge in [0.05, 0.1) is 9.16 Å². The molecule has 0 N–H and O–H groups in total. The van der Waals surface area contributed by atoms with Gasteiger partial charge < -0.3 is 0 Å². The zero-order chi connectivity index (χ0) is 18.5. The first kappa shape index (κ1) is 17.4. The van der Waals surface area contributed by atoms with E-state index in [-0.39, 0.29) is 0 Å². The van der Waals surface area contributed by atoms with Crippen molar-refractivity contribution in [1.82, 2.24) is 0 Å². The summed E-state index contributed by atoms with van der Waals surface area (Å²) >= 11 is 7.94. The number of hydrogen-bond acceptors (Lipinski definition) is 4. The van der Waals surface area contributed by atoms with Crippen LogP contribution in [0.4, 0.5) is 0 Å². The Morgan fingerprint density at radius 1 is 0.393 bits per heavy atom. The van der Waals surface area contributed by atoms with Crippen LogP contribution in [-0.4, -0.2) is 0 Å². The molecule has 28 heavy (non-hydrogen) atoms. The summed E-state index contributed by atoms with van der Waals surface area (Å²) in [5, 5.41) is 2.80. The van der Waals surface area contributed by atoms with Crippen LogP contribution >= 0.6 is 47.0 Å². The Balaban J connectivity index is 1.41. The summed E-state index contributed by atoms with van der Waals surface area (Å²) in [7, 11) is 0. The van der Waals surface area contributed by atoms with Crippen LogP contribution in [0.1, 0.15) is 20.3 Å². The van der Waals surface area contributed by atoms with Crippen molar-refractivity contribution in [2.75, 3.05) is 0 Å². The van der Waals surface area contributed by atoms with Crippen molar-refractivity contribution < 1.29 is 0 Å². The van der Waals surface area contributed by atoms with Gasteiger partial charge in [-0.1, -0.05) is 60.7 Å². The third kappa shape index (κ3) is 2.89. The average Bonchev–Trinajstić information content (AvgIpc) is 3.37. The molecule has 0 unspecified atom stereocenters. The third-order valence-corrected chi connectivity index (χ3v) is 10.9. The van der Waals surface area contributed by atoms with Crippen LogP contribution in [0.3, 0.4) is 0 Å². The Bertz CT molecular complexity index is 1060. The van der Waals surface area contributed by atoms with Gasteiger partial charge >= 0.3 is 0 Å². The summed E-state index contributed by atoms with van der Waals surface area (Å²) in [4.78, 5) is 5.62. The van der Waals surface area contributed by atoms with Gasteiger partial charge in [-0.05, 0) is 46.2 Å². The van der Waals surface area contributed by atoms with E-state index in [2.05, 4.69) is 84.9 Å². The highest BCUT2D eigenvalue weighted by Crippen LogP contribution is 2.60.